The van der Waals surface area contributed by atoms with Crippen molar-refractivity contribution in [3.63, 3.8) is 0 Å². The number of benzene rings is 2. The summed E-state index contributed by atoms with van der Waals surface area (Å²) in [4.78, 5) is 26.0. The van der Waals surface area contributed by atoms with Gasteiger partial charge in [0.15, 0.2) is 0 Å². The van der Waals surface area contributed by atoms with Crippen LogP contribution in [0.3, 0.4) is 0 Å². The fraction of sp³-hybridized carbons (Fsp3) is 0.263. The molecule has 2 N–H and O–H groups in total. The lowest BCUT2D eigenvalue weighted by atomic mass is 10.0. The standard InChI is InChI=1S/C19H20N2O3/c1-2-24-15-9-7-13(8-10-15)17(11-18(20)22)21-12-14-5-3-4-6-16(14)19(21)23/h3-10,17H,2,11-12H2,1H3,(H2,20,22). The second kappa shape index (κ2) is 6.74. The van der Waals surface area contributed by atoms with Gasteiger partial charge in [0, 0.05) is 12.1 Å². The Morgan fingerprint density at radius 2 is 1.92 bits per heavy atom. The lowest BCUT2D eigenvalue weighted by Gasteiger charge is -2.27. The van der Waals surface area contributed by atoms with Crippen LogP contribution >= 0.6 is 0 Å². The SMILES string of the molecule is CCOc1ccc(C(CC(N)=O)N2Cc3ccccc3C2=O)cc1. The van der Waals surface area contributed by atoms with Gasteiger partial charge in [-0.05, 0) is 36.2 Å². The Morgan fingerprint density at radius 3 is 2.54 bits per heavy atom. The minimum Gasteiger partial charge on any atom is -0.494 e. The van der Waals surface area contributed by atoms with E-state index >= 15 is 0 Å². The molecule has 3 rings (SSSR count). The Morgan fingerprint density at radius 1 is 1.21 bits per heavy atom. The third-order valence-corrected chi connectivity index (χ3v) is 4.20. The van der Waals surface area contributed by atoms with Gasteiger partial charge in [0.1, 0.15) is 5.75 Å². The second-order valence-corrected chi connectivity index (χ2v) is 5.78. The van der Waals surface area contributed by atoms with Gasteiger partial charge in [-0.25, -0.2) is 0 Å². The highest BCUT2D eigenvalue weighted by Crippen LogP contribution is 2.33. The van der Waals surface area contributed by atoms with Crippen LogP contribution in [0.1, 0.15) is 40.9 Å². The molecule has 0 aliphatic carbocycles. The monoisotopic (exact) mass is 324 g/mol. The Kier molecular flexibility index (Phi) is 4.51. The number of nitrogens with zero attached hydrogens (tertiary/aromatic N) is 1. The van der Waals surface area contributed by atoms with Crippen LogP contribution in [0.15, 0.2) is 48.5 Å². The number of hydrogen-bond acceptors (Lipinski definition) is 3. The molecule has 0 saturated heterocycles. The van der Waals surface area contributed by atoms with Crippen LogP contribution in [0.4, 0.5) is 0 Å². The van der Waals surface area contributed by atoms with E-state index in [1.54, 1.807) is 4.90 Å². The van der Waals surface area contributed by atoms with E-state index in [0.29, 0.717) is 18.7 Å². The number of ether oxygens (including phenoxy) is 1. The largest absolute Gasteiger partial charge is 0.494 e. The summed E-state index contributed by atoms with van der Waals surface area (Å²) < 4.78 is 5.45. The molecule has 124 valence electrons. The van der Waals surface area contributed by atoms with Gasteiger partial charge in [-0.3, -0.25) is 9.59 Å². The number of nitrogens with two attached hydrogens (primary N) is 1. The molecule has 1 heterocycles. The molecule has 0 fully saturated rings. The lowest BCUT2D eigenvalue weighted by molar-refractivity contribution is -0.119. The molecule has 2 amide bonds. The predicted octanol–water partition coefficient (Wildman–Crippen LogP) is 2.66. The first-order chi connectivity index (χ1) is 11.6. The first-order valence-electron chi connectivity index (χ1n) is 8.00. The number of carbonyl (C=O) groups excluding carboxylic acids is 2. The molecular formula is C19H20N2O3. The molecule has 0 bridgehead atoms. The van der Waals surface area contributed by atoms with Crippen LogP contribution in [0.5, 0.6) is 5.75 Å². The van der Waals surface area contributed by atoms with Gasteiger partial charge in [-0.2, -0.15) is 0 Å². The molecule has 2 aromatic rings. The van der Waals surface area contributed by atoms with Crippen molar-refractivity contribution in [1.29, 1.82) is 0 Å². The number of primary amides is 1. The van der Waals surface area contributed by atoms with E-state index in [4.69, 9.17) is 10.5 Å². The highest BCUT2D eigenvalue weighted by atomic mass is 16.5. The normalized spacial score (nSPS) is 14.4. The maximum absolute atomic E-state index is 12.7. The summed E-state index contributed by atoms with van der Waals surface area (Å²) in [5.41, 5.74) is 7.97. The number of fused-ring (bicyclic) bond motifs is 1. The Labute approximate surface area is 141 Å². The maximum Gasteiger partial charge on any atom is 0.255 e. The number of carbonyl (C=O) groups is 2. The Hall–Kier alpha value is -2.82. The molecule has 0 radical (unpaired) electrons. The van der Waals surface area contributed by atoms with Crippen molar-refractivity contribution in [2.45, 2.75) is 25.9 Å². The van der Waals surface area contributed by atoms with Gasteiger partial charge in [-0.1, -0.05) is 30.3 Å². The third-order valence-electron chi connectivity index (χ3n) is 4.20. The van der Waals surface area contributed by atoms with E-state index in [1.165, 1.54) is 0 Å². The maximum atomic E-state index is 12.7. The van der Waals surface area contributed by atoms with Gasteiger partial charge in [0.05, 0.1) is 19.1 Å². The number of amides is 2. The van der Waals surface area contributed by atoms with Gasteiger partial charge in [0.25, 0.3) is 5.91 Å². The fourth-order valence-electron chi connectivity index (χ4n) is 3.08. The minimum absolute atomic E-state index is 0.0641. The average molecular weight is 324 g/mol. The Bertz CT molecular complexity index is 755. The van der Waals surface area contributed by atoms with Crippen LogP contribution in [0, 0.1) is 0 Å². The van der Waals surface area contributed by atoms with Crippen molar-refractivity contribution in [3.05, 3.63) is 65.2 Å². The molecule has 5 heteroatoms. The van der Waals surface area contributed by atoms with Crippen molar-refractivity contribution in [2.75, 3.05) is 6.61 Å². The van der Waals surface area contributed by atoms with Crippen LogP contribution in [0.25, 0.3) is 0 Å². The molecule has 1 unspecified atom stereocenters. The minimum atomic E-state index is -0.433. The van der Waals surface area contributed by atoms with Crippen molar-refractivity contribution in [2.24, 2.45) is 5.73 Å². The van der Waals surface area contributed by atoms with Crippen LogP contribution < -0.4 is 10.5 Å². The smallest absolute Gasteiger partial charge is 0.255 e. The molecule has 24 heavy (non-hydrogen) atoms. The first-order valence-corrected chi connectivity index (χ1v) is 8.00. The van der Waals surface area contributed by atoms with E-state index in [2.05, 4.69) is 0 Å². The quantitative estimate of drug-likeness (QED) is 0.888. The fourth-order valence-corrected chi connectivity index (χ4v) is 3.08. The van der Waals surface area contributed by atoms with Crippen molar-refractivity contribution in [3.8, 4) is 5.75 Å². The van der Waals surface area contributed by atoms with Crippen molar-refractivity contribution in [1.82, 2.24) is 4.90 Å². The van der Waals surface area contributed by atoms with Crippen LogP contribution in [-0.4, -0.2) is 23.3 Å². The molecule has 1 aliphatic heterocycles. The highest BCUT2D eigenvalue weighted by molar-refractivity contribution is 5.98. The molecular weight excluding hydrogens is 304 g/mol. The zero-order valence-corrected chi connectivity index (χ0v) is 13.6. The zero-order valence-electron chi connectivity index (χ0n) is 13.6. The van der Waals surface area contributed by atoms with Gasteiger partial charge >= 0.3 is 0 Å². The number of hydrogen-bond donors (Lipinski definition) is 1. The summed E-state index contributed by atoms with van der Waals surface area (Å²) >= 11 is 0. The van der Waals surface area contributed by atoms with Crippen molar-refractivity contribution < 1.29 is 14.3 Å². The summed E-state index contributed by atoms with van der Waals surface area (Å²) in [6.07, 6.45) is 0.0910. The second-order valence-electron chi connectivity index (χ2n) is 5.78. The van der Waals surface area contributed by atoms with E-state index in [0.717, 1.165) is 16.9 Å². The Balaban J connectivity index is 1.90. The molecule has 2 aromatic carbocycles. The number of rotatable bonds is 6. The summed E-state index contributed by atoms with van der Waals surface area (Å²) in [6, 6.07) is 14.6. The molecule has 0 spiro atoms. The van der Waals surface area contributed by atoms with Crippen LogP contribution in [0.2, 0.25) is 0 Å². The molecule has 0 saturated carbocycles. The average Bonchev–Trinajstić information content (AvgIpc) is 2.91. The molecule has 5 nitrogen and oxygen atoms in total. The summed E-state index contributed by atoms with van der Waals surface area (Å²) in [6.45, 7) is 2.99. The lowest BCUT2D eigenvalue weighted by Crippen LogP contribution is -2.32. The van der Waals surface area contributed by atoms with Crippen LogP contribution in [-0.2, 0) is 11.3 Å². The highest BCUT2D eigenvalue weighted by Gasteiger charge is 2.33. The van der Waals surface area contributed by atoms with Gasteiger partial charge in [0.2, 0.25) is 5.91 Å². The first kappa shape index (κ1) is 16.1. The van der Waals surface area contributed by atoms with E-state index in [9.17, 15) is 9.59 Å². The molecule has 1 atom stereocenters. The topological polar surface area (TPSA) is 72.6 Å². The predicted molar refractivity (Wildman–Crippen MR) is 90.5 cm³/mol. The van der Waals surface area contributed by atoms with E-state index in [1.807, 2.05) is 55.5 Å². The summed E-state index contributed by atoms with van der Waals surface area (Å²) in [5, 5.41) is 0. The van der Waals surface area contributed by atoms with Gasteiger partial charge < -0.3 is 15.4 Å². The van der Waals surface area contributed by atoms with Crippen molar-refractivity contribution >= 4 is 11.8 Å². The summed E-state index contributed by atoms with van der Waals surface area (Å²) in [7, 11) is 0. The zero-order chi connectivity index (χ0) is 17.1. The van der Waals surface area contributed by atoms with Gasteiger partial charge in [-0.15, -0.1) is 0 Å². The summed E-state index contributed by atoms with van der Waals surface area (Å²) in [5.74, 6) is 0.262. The van der Waals surface area contributed by atoms with E-state index in [-0.39, 0.29) is 18.4 Å². The van der Waals surface area contributed by atoms with E-state index < -0.39 is 5.91 Å². The third kappa shape index (κ3) is 3.11. The molecule has 1 aliphatic rings. The molecule has 0 aromatic heterocycles.